The van der Waals surface area contributed by atoms with Crippen LogP contribution in [0.2, 0.25) is 5.02 Å². The Morgan fingerprint density at radius 3 is 2.43 bits per heavy atom. The number of carbonyl (C=O) groups is 4. The number of sulfonamides is 1. The van der Waals surface area contributed by atoms with Gasteiger partial charge in [0.25, 0.3) is 17.7 Å². The number of nitrogens with zero attached hydrogens (tertiary/aromatic N) is 4. The number of aromatic nitrogens is 1. The van der Waals surface area contributed by atoms with Crippen molar-refractivity contribution in [2.45, 2.75) is 82.4 Å². The minimum atomic E-state index is -4.06. The van der Waals surface area contributed by atoms with Crippen molar-refractivity contribution in [2.24, 2.45) is 11.3 Å². The molecule has 6 rings (SSSR count). The van der Waals surface area contributed by atoms with Gasteiger partial charge in [-0.2, -0.15) is 0 Å². The first kappa shape index (κ1) is 40.8. The summed E-state index contributed by atoms with van der Waals surface area (Å²) < 4.78 is 40.4. The molecule has 0 bridgehead atoms. The number of halogens is 1. The quantitative estimate of drug-likeness (QED) is 0.224. The Kier molecular flexibility index (Phi) is 11.1. The topological polar surface area (TPSA) is 168 Å². The number of methoxy groups -OCH3 is 1. The number of imide groups is 1. The zero-order valence-corrected chi connectivity index (χ0v) is 34.2. The summed E-state index contributed by atoms with van der Waals surface area (Å²) in [6.45, 7) is 11.1. The molecule has 2 aromatic carbocycles. The molecule has 16 heteroatoms. The largest absolute Gasteiger partial charge is 0.494 e. The Bertz CT molecular complexity index is 2190. The second kappa shape index (κ2) is 15.2. The molecular formula is C40H49ClN6O8S. The average Bonchev–Trinajstić information content (AvgIpc) is 4.07. The highest BCUT2D eigenvalue weighted by Gasteiger charge is 2.68. The van der Waals surface area contributed by atoms with Crippen LogP contribution in [0.25, 0.3) is 10.8 Å². The molecule has 3 aliphatic rings. The number of benzene rings is 2. The summed E-state index contributed by atoms with van der Waals surface area (Å²) in [6, 6.07) is 9.53. The van der Waals surface area contributed by atoms with E-state index in [1.165, 1.54) is 23.0 Å². The first-order chi connectivity index (χ1) is 26.3. The summed E-state index contributed by atoms with van der Waals surface area (Å²) in [5, 5.41) is 4.33. The average molecular weight is 809 g/mol. The summed E-state index contributed by atoms with van der Waals surface area (Å²) >= 11 is 6.34. The minimum absolute atomic E-state index is 0.0195. The Morgan fingerprint density at radius 2 is 1.82 bits per heavy atom. The predicted octanol–water partition coefficient (Wildman–Crippen LogP) is 5.47. The fourth-order valence-corrected chi connectivity index (χ4v) is 8.83. The van der Waals surface area contributed by atoms with Crippen LogP contribution in [0.3, 0.4) is 0 Å². The molecule has 300 valence electrons. The fourth-order valence-electron chi connectivity index (χ4n) is 7.30. The predicted molar refractivity (Wildman–Crippen MR) is 213 cm³/mol. The van der Waals surface area contributed by atoms with E-state index >= 15 is 9.59 Å². The van der Waals surface area contributed by atoms with Gasteiger partial charge in [0.15, 0.2) is 0 Å². The number of pyridine rings is 1. The van der Waals surface area contributed by atoms with Crippen molar-refractivity contribution in [3.8, 4) is 11.6 Å². The molecule has 2 aliphatic carbocycles. The highest BCUT2D eigenvalue weighted by atomic mass is 35.5. The molecule has 1 aliphatic heterocycles. The second-order valence-electron chi connectivity index (χ2n) is 16.1. The normalized spacial score (nSPS) is 22.5. The van der Waals surface area contributed by atoms with Gasteiger partial charge >= 0.3 is 6.03 Å². The van der Waals surface area contributed by atoms with Gasteiger partial charge in [0.2, 0.25) is 15.9 Å². The van der Waals surface area contributed by atoms with E-state index in [2.05, 4.69) is 21.6 Å². The van der Waals surface area contributed by atoms with Crippen molar-refractivity contribution in [1.82, 2.24) is 24.4 Å². The van der Waals surface area contributed by atoms with E-state index in [1.807, 2.05) is 27.7 Å². The van der Waals surface area contributed by atoms with E-state index in [0.29, 0.717) is 46.7 Å². The number of ether oxygens (including phenoxy) is 2. The highest BCUT2D eigenvalue weighted by molar-refractivity contribution is 7.91. The Hall–Kier alpha value is -4.89. The minimum Gasteiger partial charge on any atom is -0.494 e. The summed E-state index contributed by atoms with van der Waals surface area (Å²) in [7, 11) is 0.745. The number of hydrogen-bond acceptors (Lipinski definition) is 10. The van der Waals surface area contributed by atoms with Crippen molar-refractivity contribution >= 4 is 61.8 Å². The van der Waals surface area contributed by atoms with Crippen molar-refractivity contribution < 1.29 is 37.1 Å². The van der Waals surface area contributed by atoms with E-state index in [4.69, 9.17) is 21.1 Å². The van der Waals surface area contributed by atoms with Crippen LogP contribution >= 0.6 is 11.6 Å². The molecule has 2 heterocycles. The van der Waals surface area contributed by atoms with Gasteiger partial charge in [-0.15, -0.1) is 6.58 Å². The lowest BCUT2D eigenvalue weighted by Crippen LogP contribution is -2.64. The number of likely N-dealkylation sites (tertiary alicyclic amines) is 1. The van der Waals surface area contributed by atoms with Gasteiger partial charge in [0, 0.05) is 59.5 Å². The lowest BCUT2D eigenvalue weighted by atomic mass is 9.85. The zero-order chi connectivity index (χ0) is 40.9. The van der Waals surface area contributed by atoms with E-state index in [1.54, 1.807) is 62.8 Å². The summed E-state index contributed by atoms with van der Waals surface area (Å²) in [5.41, 5.74) is -1.93. The molecule has 1 saturated heterocycles. The van der Waals surface area contributed by atoms with Gasteiger partial charge in [-0.25, -0.2) is 23.1 Å². The molecule has 5 amide bonds. The first-order valence-electron chi connectivity index (χ1n) is 18.5. The van der Waals surface area contributed by atoms with E-state index < -0.39 is 68.2 Å². The molecule has 14 nitrogen and oxygen atoms in total. The number of amides is 5. The number of fused-ring (bicyclic) bond motifs is 1. The van der Waals surface area contributed by atoms with Crippen LogP contribution in [-0.4, -0.2) is 109 Å². The van der Waals surface area contributed by atoms with Crippen LogP contribution in [-0.2, 0) is 19.6 Å². The Morgan fingerprint density at radius 1 is 1.11 bits per heavy atom. The summed E-state index contributed by atoms with van der Waals surface area (Å²) in [6.07, 6.45) is 3.59. The molecule has 3 fully saturated rings. The SMILES string of the molecule is C=C[C@@H]1C[C@@]1(C(=O)NS(=O)(=O)C1CC1)N(C(=O)[C@H](Nc1cccc(C(=O)N(C)C)c1)C(C)(C)C)C(=O)N1C[C@H](Oc2ncc(OC)c3ccc(Cl)cc23)CC1C. The van der Waals surface area contributed by atoms with Crippen molar-refractivity contribution in [3.63, 3.8) is 0 Å². The third-order valence-electron chi connectivity index (χ3n) is 10.7. The molecule has 1 unspecified atom stereocenters. The molecule has 56 heavy (non-hydrogen) atoms. The summed E-state index contributed by atoms with van der Waals surface area (Å²) in [4.78, 5) is 65.8. The maximum absolute atomic E-state index is 15.2. The lowest BCUT2D eigenvalue weighted by Gasteiger charge is -2.40. The van der Waals surface area contributed by atoms with Crippen LogP contribution in [0.4, 0.5) is 10.5 Å². The molecule has 2 saturated carbocycles. The third kappa shape index (κ3) is 7.88. The standard InChI is InChI=1S/C40H49ClN6O8S/c1-9-25-20-40(25,37(50)44-56(52,53)29-14-15-29)47(36(49)33(39(3,4)5)43-27-12-10-11-24(18-27)35(48)45(6)7)38(51)46-22-28(17-23(46)2)55-34-31-19-26(41)13-16-30(31)32(54-8)21-42-34/h9-13,16,18-19,21,23,25,28-29,33,43H,1,14-15,17,20,22H2,2-8H3,(H,44,50)/t23?,25-,28-,33+,40-/m1/s1. The van der Waals surface area contributed by atoms with E-state index in [9.17, 15) is 18.0 Å². The first-order valence-corrected chi connectivity index (χ1v) is 20.4. The number of nitrogens with one attached hydrogen (secondary N) is 2. The van der Waals surface area contributed by atoms with Crippen molar-refractivity contribution in [3.05, 3.63) is 71.9 Å². The maximum Gasteiger partial charge on any atom is 0.328 e. The maximum atomic E-state index is 15.2. The molecule has 5 atom stereocenters. The molecular weight excluding hydrogens is 760 g/mol. The van der Waals surface area contributed by atoms with Gasteiger partial charge in [0.1, 0.15) is 23.4 Å². The van der Waals surface area contributed by atoms with Gasteiger partial charge in [-0.3, -0.25) is 19.1 Å². The van der Waals surface area contributed by atoms with Gasteiger partial charge in [0.05, 0.1) is 25.1 Å². The van der Waals surface area contributed by atoms with Crippen LogP contribution in [0.1, 0.15) is 63.7 Å². The molecule has 3 aromatic rings. The van der Waals surface area contributed by atoms with Crippen molar-refractivity contribution in [1.29, 1.82) is 0 Å². The van der Waals surface area contributed by atoms with Crippen LogP contribution < -0.4 is 19.5 Å². The van der Waals surface area contributed by atoms with E-state index in [0.717, 1.165) is 10.3 Å². The number of anilines is 1. The number of carbonyl (C=O) groups excluding carboxylic acids is 4. The smallest absolute Gasteiger partial charge is 0.328 e. The van der Waals surface area contributed by atoms with Gasteiger partial charge < -0.3 is 24.6 Å². The van der Waals surface area contributed by atoms with Gasteiger partial charge in [-0.05, 0) is 68.0 Å². The van der Waals surface area contributed by atoms with Crippen LogP contribution in [0.5, 0.6) is 11.6 Å². The van der Waals surface area contributed by atoms with Crippen LogP contribution in [0, 0.1) is 11.3 Å². The molecule has 0 spiro atoms. The molecule has 2 N–H and O–H groups in total. The number of hydrogen-bond donors (Lipinski definition) is 2. The lowest BCUT2D eigenvalue weighted by molar-refractivity contribution is -0.141. The monoisotopic (exact) mass is 808 g/mol. The van der Waals surface area contributed by atoms with Crippen molar-refractivity contribution in [2.75, 3.05) is 33.1 Å². The molecule has 0 radical (unpaired) electrons. The fraction of sp³-hybridized carbons (Fsp3) is 0.475. The number of rotatable bonds is 12. The molecule has 1 aromatic heterocycles. The van der Waals surface area contributed by atoms with Crippen LogP contribution in [0.15, 0.2) is 61.3 Å². The number of urea groups is 1. The second-order valence-corrected chi connectivity index (χ2v) is 18.5. The highest BCUT2D eigenvalue weighted by Crippen LogP contribution is 2.52. The van der Waals surface area contributed by atoms with Gasteiger partial charge in [-0.1, -0.05) is 44.5 Å². The third-order valence-corrected chi connectivity index (χ3v) is 12.7. The Labute approximate surface area is 332 Å². The summed E-state index contributed by atoms with van der Waals surface area (Å²) in [5.74, 6) is -1.87. The van der Waals surface area contributed by atoms with E-state index in [-0.39, 0.29) is 24.8 Å². The zero-order valence-electron chi connectivity index (χ0n) is 32.7. The Balaban J connectivity index is 1.37.